The molecule has 3 rings (SSSR count). The lowest BCUT2D eigenvalue weighted by molar-refractivity contribution is -0.132. The van der Waals surface area contributed by atoms with E-state index in [1.54, 1.807) is 0 Å². The molecule has 7 heteroatoms. The summed E-state index contributed by atoms with van der Waals surface area (Å²) in [5.74, 6) is 1.29. The average molecular weight is 409 g/mol. The summed E-state index contributed by atoms with van der Waals surface area (Å²) in [5.41, 5.74) is 0. The van der Waals surface area contributed by atoms with E-state index in [1.165, 1.54) is 58.2 Å². The van der Waals surface area contributed by atoms with Crippen molar-refractivity contribution >= 4 is 30.7 Å². The van der Waals surface area contributed by atoms with Crippen molar-refractivity contribution < 1.29 is 4.79 Å². The van der Waals surface area contributed by atoms with Crippen molar-refractivity contribution in [1.29, 1.82) is 0 Å². The van der Waals surface area contributed by atoms with Crippen LogP contribution < -0.4 is 5.32 Å². The molecule has 1 N–H and O–H groups in total. The zero-order chi connectivity index (χ0) is 16.6. The highest BCUT2D eigenvalue weighted by atomic mass is 35.5. The Balaban J connectivity index is 0.00000169. The molecule has 2 saturated heterocycles. The van der Waals surface area contributed by atoms with E-state index in [9.17, 15) is 4.79 Å². The quantitative estimate of drug-likeness (QED) is 0.756. The molecule has 0 aromatic heterocycles. The SMILES string of the molecule is Cl.Cl.O=C(CCN1CCCN(CC2CCCCC2)CC1)N1CCNCC1. The maximum atomic E-state index is 12.3. The molecule has 3 fully saturated rings. The number of carbonyl (C=O) groups excluding carboxylic acids is 1. The van der Waals surface area contributed by atoms with E-state index in [1.807, 2.05) is 4.90 Å². The van der Waals surface area contributed by atoms with Crippen molar-refractivity contribution in [2.24, 2.45) is 5.92 Å². The Kier molecular flexibility index (Phi) is 12.1. The first kappa shape index (κ1) is 24.0. The van der Waals surface area contributed by atoms with E-state index in [4.69, 9.17) is 0 Å². The number of amides is 1. The Morgan fingerprint density at radius 2 is 1.46 bits per heavy atom. The largest absolute Gasteiger partial charge is 0.340 e. The number of nitrogens with zero attached hydrogens (tertiary/aromatic N) is 3. The number of hydrogen-bond donors (Lipinski definition) is 1. The second-order valence-corrected chi connectivity index (χ2v) is 7.88. The van der Waals surface area contributed by atoms with Crippen LogP contribution >= 0.6 is 24.8 Å². The van der Waals surface area contributed by atoms with Crippen LogP contribution in [0.5, 0.6) is 0 Å². The van der Waals surface area contributed by atoms with Crippen molar-refractivity contribution in [2.75, 3.05) is 65.4 Å². The lowest BCUT2D eigenvalue weighted by Gasteiger charge is -2.29. The molecule has 26 heavy (non-hydrogen) atoms. The van der Waals surface area contributed by atoms with Gasteiger partial charge in [-0.25, -0.2) is 0 Å². The molecule has 154 valence electrons. The van der Waals surface area contributed by atoms with Crippen LogP contribution in [-0.2, 0) is 4.79 Å². The molecule has 0 unspecified atom stereocenters. The summed E-state index contributed by atoms with van der Waals surface area (Å²) in [6.45, 7) is 10.7. The first-order valence-corrected chi connectivity index (χ1v) is 10.2. The van der Waals surface area contributed by atoms with Crippen LogP contribution in [-0.4, -0.2) is 86.1 Å². The highest BCUT2D eigenvalue weighted by Crippen LogP contribution is 2.24. The van der Waals surface area contributed by atoms with Crippen molar-refractivity contribution in [3.63, 3.8) is 0 Å². The van der Waals surface area contributed by atoms with Gasteiger partial charge in [0.1, 0.15) is 0 Å². The predicted octanol–water partition coefficient (Wildman–Crippen LogP) is 2.24. The van der Waals surface area contributed by atoms with Gasteiger partial charge in [-0.3, -0.25) is 4.79 Å². The van der Waals surface area contributed by atoms with Gasteiger partial charge in [0.05, 0.1) is 0 Å². The predicted molar refractivity (Wildman–Crippen MR) is 113 cm³/mol. The Hall–Kier alpha value is -0.0700. The summed E-state index contributed by atoms with van der Waals surface area (Å²) in [4.78, 5) is 19.5. The average Bonchev–Trinajstić information content (AvgIpc) is 2.86. The van der Waals surface area contributed by atoms with E-state index in [0.717, 1.165) is 51.7 Å². The molecule has 5 nitrogen and oxygen atoms in total. The molecule has 2 heterocycles. The fourth-order valence-corrected chi connectivity index (χ4v) is 4.49. The third-order valence-electron chi connectivity index (χ3n) is 6.03. The molecule has 0 atom stereocenters. The number of halogens is 2. The molecule has 3 aliphatic rings. The van der Waals surface area contributed by atoms with Gasteiger partial charge in [-0.1, -0.05) is 19.3 Å². The van der Waals surface area contributed by atoms with E-state index in [0.29, 0.717) is 12.3 Å². The smallest absolute Gasteiger partial charge is 0.223 e. The number of carbonyl (C=O) groups is 1. The van der Waals surface area contributed by atoms with Gasteiger partial charge in [0.25, 0.3) is 0 Å². The molecule has 0 spiro atoms. The van der Waals surface area contributed by atoms with Gasteiger partial charge in [0.15, 0.2) is 0 Å². The second-order valence-electron chi connectivity index (χ2n) is 7.88. The molecule has 0 radical (unpaired) electrons. The minimum absolute atomic E-state index is 0. The third kappa shape index (κ3) is 7.89. The van der Waals surface area contributed by atoms with Crippen molar-refractivity contribution in [3.05, 3.63) is 0 Å². The van der Waals surface area contributed by atoms with Crippen LogP contribution in [0.4, 0.5) is 0 Å². The van der Waals surface area contributed by atoms with Gasteiger partial charge in [0.2, 0.25) is 5.91 Å². The molecule has 0 bridgehead atoms. The molecule has 1 aliphatic carbocycles. The Morgan fingerprint density at radius 1 is 0.808 bits per heavy atom. The van der Waals surface area contributed by atoms with Gasteiger partial charge in [0, 0.05) is 58.8 Å². The fourth-order valence-electron chi connectivity index (χ4n) is 4.49. The Labute approximate surface area is 172 Å². The Bertz CT molecular complexity index is 388. The molecule has 1 saturated carbocycles. The van der Waals surface area contributed by atoms with Crippen LogP contribution in [0.3, 0.4) is 0 Å². The minimum Gasteiger partial charge on any atom is -0.340 e. The molecule has 0 aromatic carbocycles. The second kappa shape index (κ2) is 13.2. The number of nitrogens with one attached hydrogen (secondary N) is 1. The standard InChI is InChI=1S/C19H36N4O.2ClH/c24-19(23-13-8-20-9-14-23)7-12-21-10-4-11-22(16-15-21)17-18-5-2-1-3-6-18;;/h18,20H,1-17H2;2*1H. The monoisotopic (exact) mass is 408 g/mol. The van der Waals surface area contributed by atoms with Crippen LogP contribution in [0.15, 0.2) is 0 Å². The zero-order valence-electron chi connectivity index (χ0n) is 16.2. The summed E-state index contributed by atoms with van der Waals surface area (Å²) in [6.07, 6.45) is 9.18. The summed E-state index contributed by atoms with van der Waals surface area (Å²) in [6, 6.07) is 0. The lowest BCUT2D eigenvalue weighted by atomic mass is 9.89. The maximum Gasteiger partial charge on any atom is 0.223 e. The van der Waals surface area contributed by atoms with E-state index < -0.39 is 0 Å². The number of rotatable bonds is 5. The zero-order valence-corrected chi connectivity index (χ0v) is 17.8. The van der Waals surface area contributed by atoms with Crippen molar-refractivity contribution in [2.45, 2.75) is 44.9 Å². The molecule has 2 aliphatic heterocycles. The number of hydrogen-bond acceptors (Lipinski definition) is 4. The minimum atomic E-state index is 0. The van der Waals surface area contributed by atoms with Gasteiger partial charge in [-0.15, -0.1) is 24.8 Å². The van der Waals surface area contributed by atoms with Gasteiger partial charge in [-0.2, -0.15) is 0 Å². The summed E-state index contributed by atoms with van der Waals surface area (Å²) in [7, 11) is 0. The van der Waals surface area contributed by atoms with Crippen LogP contribution in [0, 0.1) is 5.92 Å². The van der Waals surface area contributed by atoms with Gasteiger partial charge < -0.3 is 20.0 Å². The van der Waals surface area contributed by atoms with E-state index in [-0.39, 0.29) is 24.8 Å². The van der Waals surface area contributed by atoms with Crippen molar-refractivity contribution in [1.82, 2.24) is 20.0 Å². The topological polar surface area (TPSA) is 38.8 Å². The summed E-state index contributed by atoms with van der Waals surface area (Å²) < 4.78 is 0. The highest BCUT2D eigenvalue weighted by Gasteiger charge is 2.21. The molecule has 0 aromatic rings. The normalized spacial score (nSPS) is 23.6. The van der Waals surface area contributed by atoms with Crippen LogP contribution in [0.1, 0.15) is 44.9 Å². The maximum absolute atomic E-state index is 12.3. The third-order valence-corrected chi connectivity index (χ3v) is 6.03. The summed E-state index contributed by atoms with van der Waals surface area (Å²) in [5, 5.41) is 3.31. The Morgan fingerprint density at radius 3 is 2.19 bits per heavy atom. The molecular weight excluding hydrogens is 371 g/mol. The number of piperazine rings is 1. The van der Waals surface area contributed by atoms with Crippen molar-refractivity contribution in [3.8, 4) is 0 Å². The first-order chi connectivity index (χ1) is 11.8. The molecular formula is C19H38Cl2N4O. The summed E-state index contributed by atoms with van der Waals surface area (Å²) >= 11 is 0. The van der Waals surface area contributed by atoms with Gasteiger partial charge in [-0.05, 0) is 38.3 Å². The fraction of sp³-hybridized carbons (Fsp3) is 0.947. The first-order valence-electron chi connectivity index (χ1n) is 10.2. The van der Waals surface area contributed by atoms with Crippen LogP contribution in [0.2, 0.25) is 0 Å². The lowest BCUT2D eigenvalue weighted by Crippen LogP contribution is -2.47. The van der Waals surface area contributed by atoms with E-state index >= 15 is 0 Å². The van der Waals surface area contributed by atoms with Crippen LogP contribution in [0.25, 0.3) is 0 Å². The van der Waals surface area contributed by atoms with Gasteiger partial charge >= 0.3 is 0 Å². The molecule has 1 amide bonds. The van der Waals surface area contributed by atoms with E-state index in [2.05, 4.69) is 15.1 Å². The highest BCUT2D eigenvalue weighted by molar-refractivity contribution is 5.85.